The molecule has 2 aromatic rings. The number of carbonyl (C=O) groups excluding carboxylic acids is 1. The van der Waals surface area contributed by atoms with Crippen molar-refractivity contribution in [3.05, 3.63) is 65.7 Å². The molecule has 0 fully saturated rings. The fraction of sp³-hybridized carbons (Fsp3) is 0.333. The van der Waals surface area contributed by atoms with E-state index in [1.54, 1.807) is 6.08 Å². The largest absolute Gasteiger partial charge is 0.461 e. The number of carbonyl (C=O) groups is 1. The molecule has 3 heteroatoms. The van der Waals surface area contributed by atoms with Crippen LogP contribution in [-0.2, 0) is 9.53 Å². The minimum absolute atomic E-state index is 0.0312. The minimum Gasteiger partial charge on any atom is -0.461 e. The van der Waals surface area contributed by atoms with E-state index in [2.05, 4.69) is 13.8 Å². The first-order valence-electron chi connectivity index (χ1n) is 9.62. The van der Waals surface area contributed by atoms with Gasteiger partial charge in [-0.25, -0.2) is 4.79 Å². The van der Waals surface area contributed by atoms with E-state index in [0.29, 0.717) is 12.5 Å². The molecule has 0 aliphatic rings. The number of nitriles is 1. The number of nitrogens with zero attached hydrogens (tertiary/aromatic N) is 1. The van der Waals surface area contributed by atoms with Gasteiger partial charge in [-0.2, -0.15) is 5.26 Å². The van der Waals surface area contributed by atoms with Gasteiger partial charge < -0.3 is 4.74 Å². The van der Waals surface area contributed by atoms with Crippen molar-refractivity contribution < 1.29 is 9.53 Å². The minimum atomic E-state index is -0.546. The molecule has 0 saturated carbocycles. The van der Waals surface area contributed by atoms with Crippen molar-refractivity contribution in [2.45, 2.75) is 39.5 Å². The summed E-state index contributed by atoms with van der Waals surface area (Å²) >= 11 is 0. The highest BCUT2D eigenvalue weighted by Crippen LogP contribution is 2.25. The number of esters is 1. The lowest BCUT2D eigenvalue weighted by molar-refractivity contribution is -0.139. The lowest BCUT2D eigenvalue weighted by Crippen LogP contribution is -2.15. The van der Waals surface area contributed by atoms with Crippen molar-refractivity contribution in [2.24, 2.45) is 5.92 Å². The zero-order valence-electron chi connectivity index (χ0n) is 16.2. The highest BCUT2D eigenvalue weighted by atomic mass is 16.5. The van der Waals surface area contributed by atoms with Crippen LogP contribution < -0.4 is 0 Å². The Morgan fingerprint density at radius 1 is 1.11 bits per heavy atom. The maximum Gasteiger partial charge on any atom is 0.348 e. The number of ether oxygens (including phenoxy) is 1. The molecule has 3 nitrogen and oxygen atoms in total. The molecule has 0 spiro atoms. The van der Waals surface area contributed by atoms with E-state index in [1.807, 2.05) is 60.7 Å². The number of hydrogen-bond acceptors (Lipinski definition) is 3. The molecule has 0 radical (unpaired) electrons. The summed E-state index contributed by atoms with van der Waals surface area (Å²) in [4.78, 5) is 12.4. The fourth-order valence-corrected chi connectivity index (χ4v) is 2.97. The predicted octanol–water partition coefficient (Wildman–Crippen LogP) is 6.02. The number of benzene rings is 2. The second-order valence-corrected chi connectivity index (χ2v) is 6.64. The molecule has 0 amide bonds. The van der Waals surface area contributed by atoms with E-state index in [1.165, 1.54) is 0 Å². The van der Waals surface area contributed by atoms with E-state index < -0.39 is 5.97 Å². The number of rotatable bonds is 9. The predicted molar refractivity (Wildman–Crippen MR) is 110 cm³/mol. The Labute approximate surface area is 162 Å². The molecule has 2 aromatic carbocycles. The van der Waals surface area contributed by atoms with E-state index >= 15 is 0 Å². The van der Waals surface area contributed by atoms with Gasteiger partial charge in [0.25, 0.3) is 0 Å². The summed E-state index contributed by atoms with van der Waals surface area (Å²) in [5.74, 6) is -0.194. The summed E-state index contributed by atoms with van der Waals surface area (Å²) in [5.41, 5.74) is 2.88. The average molecular weight is 361 g/mol. The van der Waals surface area contributed by atoms with Crippen LogP contribution in [0.3, 0.4) is 0 Å². The van der Waals surface area contributed by atoms with E-state index in [-0.39, 0.29) is 5.57 Å². The van der Waals surface area contributed by atoms with Gasteiger partial charge in [0.05, 0.1) is 6.61 Å². The molecule has 0 saturated heterocycles. The third-order valence-corrected chi connectivity index (χ3v) is 4.68. The molecular formula is C24H27NO2. The summed E-state index contributed by atoms with van der Waals surface area (Å²) in [6, 6.07) is 19.7. The van der Waals surface area contributed by atoms with Crippen LogP contribution in [0.1, 0.15) is 45.1 Å². The van der Waals surface area contributed by atoms with E-state index in [9.17, 15) is 10.1 Å². The van der Waals surface area contributed by atoms with Crippen LogP contribution in [0.2, 0.25) is 0 Å². The normalized spacial score (nSPS) is 12.3. The molecule has 27 heavy (non-hydrogen) atoms. The SMILES string of the molecule is CCCCC(CC)COC(=O)C(C#N)=Cc1ccccc1-c1ccccc1. The van der Waals surface area contributed by atoms with Crippen molar-refractivity contribution in [1.82, 2.24) is 0 Å². The van der Waals surface area contributed by atoms with Crippen LogP contribution in [0.5, 0.6) is 0 Å². The van der Waals surface area contributed by atoms with E-state index in [0.717, 1.165) is 42.4 Å². The van der Waals surface area contributed by atoms with Crippen LogP contribution in [0.25, 0.3) is 17.2 Å². The Bertz CT molecular complexity index is 803. The second-order valence-electron chi connectivity index (χ2n) is 6.64. The highest BCUT2D eigenvalue weighted by molar-refractivity contribution is 5.99. The second kappa shape index (κ2) is 11.0. The maximum atomic E-state index is 12.4. The molecule has 2 rings (SSSR count). The standard InChI is InChI=1S/C24H27NO2/c1-3-5-11-19(4-2)18-27-24(26)22(17-25)16-21-14-9-10-15-23(21)20-12-7-6-8-13-20/h6-10,12-16,19H,3-5,11,18H2,1-2H3. The fourth-order valence-electron chi connectivity index (χ4n) is 2.97. The first-order chi connectivity index (χ1) is 13.2. The Morgan fingerprint density at radius 2 is 1.81 bits per heavy atom. The maximum absolute atomic E-state index is 12.4. The Kier molecular flexibility index (Phi) is 8.32. The molecule has 0 bridgehead atoms. The molecule has 1 atom stereocenters. The lowest BCUT2D eigenvalue weighted by atomic mass is 9.98. The zero-order valence-corrected chi connectivity index (χ0v) is 16.2. The monoisotopic (exact) mass is 361 g/mol. The van der Waals surface area contributed by atoms with Crippen molar-refractivity contribution in [1.29, 1.82) is 5.26 Å². The third kappa shape index (κ3) is 6.11. The topological polar surface area (TPSA) is 50.1 Å². The third-order valence-electron chi connectivity index (χ3n) is 4.68. The average Bonchev–Trinajstić information content (AvgIpc) is 2.73. The van der Waals surface area contributed by atoms with Gasteiger partial charge in [-0.1, -0.05) is 87.7 Å². The summed E-state index contributed by atoms with van der Waals surface area (Å²) in [6.45, 7) is 4.62. The molecule has 0 aliphatic carbocycles. The summed E-state index contributed by atoms with van der Waals surface area (Å²) in [6.07, 6.45) is 5.89. The van der Waals surface area contributed by atoms with Gasteiger partial charge in [-0.05, 0) is 35.1 Å². The summed E-state index contributed by atoms with van der Waals surface area (Å²) < 4.78 is 5.43. The number of hydrogen-bond donors (Lipinski definition) is 0. The van der Waals surface area contributed by atoms with Crippen LogP contribution in [0, 0.1) is 17.2 Å². The van der Waals surface area contributed by atoms with Crippen molar-refractivity contribution in [2.75, 3.05) is 6.61 Å². The molecule has 140 valence electrons. The van der Waals surface area contributed by atoms with Crippen molar-refractivity contribution in [3.63, 3.8) is 0 Å². The Balaban J connectivity index is 2.17. The van der Waals surface area contributed by atoms with Gasteiger partial charge in [0.1, 0.15) is 11.6 Å². The smallest absolute Gasteiger partial charge is 0.348 e. The quantitative estimate of drug-likeness (QED) is 0.312. The van der Waals surface area contributed by atoms with Crippen molar-refractivity contribution in [3.8, 4) is 17.2 Å². The van der Waals surface area contributed by atoms with Crippen LogP contribution in [0.15, 0.2) is 60.2 Å². The van der Waals surface area contributed by atoms with Crippen LogP contribution in [-0.4, -0.2) is 12.6 Å². The van der Waals surface area contributed by atoms with Gasteiger partial charge in [0.2, 0.25) is 0 Å². The number of unbranched alkanes of at least 4 members (excludes halogenated alkanes) is 1. The van der Waals surface area contributed by atoms with Crippen LogP contribution >= 0.6 is 0 Å². The molecule has 0 heterocycles. The summed E-state index contributed by atoms with van der Waals surface area (Å²) in [5, 5.41) is 9.46. The van der Waals surface area contributed by atoms with Gasteiger partial charge in [0.15, 0.2) is 0 Å². The van der Waals surface area contributed by atoms with Gasteiger partial charge in [0, 0.05) is 0 Å². The first kappa shape index (κ1) is 20.5. The van der Waals surface area contributed by atoms with Gasteiger partial charge in [-0.3, -0.25) is 0 Å². The molecule has 0 aromatic heterocycles. The van der Waals surface area contributed by atoms with Gasteiger partial charge >= 0.3 is 5.97 Å². The Morgan fingerprint density at radius 3 is 2.48 bits per heavy atom. The van der Waals surface area contributed by atoms with Crippen molar-refractivity contribution >= 4 is 12.0 Å². The first-order valence-corrected chi connectivity index (χ1v) is 9.62. The lowest BCUT2D eigenvalue weighted by Gasteiger charge is -2.14. The Hall–Kier alpha value is -2.86. The summed E-state index contributed by atoms with van der Waals surface area (Å²) in [7, 11) is 0. The van der Waals surface area contributed by atoms with Gasteiger partial charge in [-0.15, -0.1) is 0 Å². The molecule has 0 N–H and O–H groups in total. The zero-order chi connectivity index (χ0) is 19.5. The molecule has 0 aliphatic heterocycles. The van der Waals surface area contributed by atoms with Crippen LogP contribution in [0.4, 0.5) is 0 Å². The highest BCUT2D eigenvalue weighted by Gasteiger charge is 2.15. The van der Waals surface area contributed by atoms with E-state index in [4.69, 9.17) is 4.74 Å². The molecule has 1 unspecified atom stereocenters. The molecular weight excluding hydrogens is 334 g/mol.